The number of nitrogens with zero attached hydrogens (tertiary/aromatic N) is 1. The highest BCUT2D eigenvalue weighted by atomic mass is 16.2. The molecule has 0 fully saturated rings. The minimum atomic E-state index is 0.121. The highest BCUT2D eigenvalue weighted by Crippen LogP contribution is 2.29. The summed E-state index contributed by atoms with van der Waals surface area (Å²) >= 11 is 0. The van der Waals surface area contributed by atoms with Crippen molar-refractivity contribution in [1.82, 2.24) is 0 Å². The fraction of sp³-hybridized carbons (Fsp3) is 0.462. The van der Waals surface area contributed by atoms with Gasteiger partial charge in [-0.15, -0.1) is 0 Å². The van der Waals surface area contributed by atoms with Gasteiger partial charge in [0.05, 0.1) is 6.42 Å². The maximum Gasteiger partial charge on any atom is 0.231 e. The zero-order valence-electron chi connectivity index (χ0n) is 10.1. The Morgan fingerprint density at radius 1 is 1.47 bits per heavy atom. The lowest BCUT2D eigenvalue weighted by molar-refractivity contribution is -0.117. The van der Waals surface area contributed by atoms with Crippen LogP contribution < -0.4 is 16.4 Å². The molecule has 2 rings (SSSR count). The SMILES string of the molecule is CC(N)CCN1C(=O)Cc2cc(CN)ccc21. The van der Waals surface area contributed by atoms with Crippen LogP contribution in [0.25, 0.3) is 0 Å². The van der Waals surface area contributed by atoms with E-state index in [2.05, 4.69) is 0 Å². The van der Waals surface area contributed by atoms with Crippen molar-refractivity contribution in [3.63, 3.8) is 0 Å². The van der Waals surface area contributed by atoms with Gasteiger partial charge in [-0.1, -0.05) is 12.1 Å². The number of rotatable bonds is 4. The molecule has 0 aliphatic carbocycles. The molecule has 1 atom stereocenters. The van der Waals surface area contributed by atoms with Crippen molar-refractivity contribution in [2.75, 3.05) is 11.4 Å². The van der Waals surface area contributed by atoms with Crippen LogP contribution in [0.15, 0.2) is 18.2 Å². The van der Waals surface area contributed by atoms with Crippen molar-refractivity contribution >= 4 is 11.6 Å². The molecule has 1 heterocycles. The molecule has 1 aliphatic heterocycles. The van der Waals surface area contributed by atoms with Crippen molar-refractivity contribution in [3.05, 3.63) is 29.3 Å². The number of fused-ring (bicyclic) bond motifs is 1. The number of amides is 1. The van der Waals surface area contributed by atoms with Gasteiger partial charge in [-0.25, -0.2) is 0 Å². The molecule has 0 saturated heterocycles. The molecule has 1 unspecified atom stereocenters. The first-order valence-corrected chi connectivity index (χ1v) is 5.99. The monoisotopic (exact) mass is 233 g/mol. The Hall–Kier alpha value is -1.39. The molecule has 1 aliphatic rings. The second kappa shape index (κ2) is 4.85. The minimum Gasteiger partial charge on any atom is -0.328 e. The van der Waals surface area contributed by atoms with E-state index in [0.29, 0.717) is 19.5 Å². The van der Waals surface area contributed by atoms with Crippen LogP contribution in [0.3, 0.4) is 0 Å². The first-order chi connectivity index (χ1) is 8.11. The standard InChI is InChI=1S/C13H19N3O/c1-9(15)4-5-16-12-3-2-10(8-14)6-11(12)7-13(16)17/h2-3,6,9H,4-5,7-8,14-15H2,1H3. The quantitative estimate of drug-likeness (QED) is 0.807. The van der Waals surface area contributed by atoms with Gasteiger partial charge in [0, 0.05) is 24.8 Å². The van der Waals surface area contributed by atoms with Gasteiger partial charge >= 0.3 is 0 Å². The number of nitrogens with two attached hydrogens (primary N) is 2. The second-order valence-electron chi connectivity index (χ2n) is 4.66. The Kier molecular flexibility index (Phi) is 3.45. The van der Waals surface area contributed by atoms with Crippen LogP contribution in [0.1, 0.15) is 24.5 Å². The van der Waals surface area contributed by atoms with Crippen LogP contribution in [0.5, 0.6) is 0 Å². The molecule has 4 N–H and O–H groups in total. The lowest BCUT2D eigenvalue weighted by atomic mass is 10.1. The van der Waals surface area contributed by atoms with Crippen LogP contribution in [-0.4, -0.2) is 18.5 Å². The van der Waals surface area contributed by atoms with Crippen molar-refractivity contribution in [2.45, 2.75) is 32.4 Å². The third kappa shape index (κ3) is 2.48. The molecule has 4 nitrogen and oxygen atoms in total. The predicted octanol–water partition coefficient (Wildman–Crippen LogP) is 0.772. The minimum absolute atomic E-state index is 0.121. The molecule has 0 radical (unpaired) electrons. The first kappa shape index (κ1) is 12.1. The zero-order valence-corrected chi connectivity index (χ0v) is 10.1. The molecule has 0 saturated carbocycles. The maximum absolute atomic E-state index is 11.9. The summed E-state index contributed by atoms with van der Waals surface area (Å²) in [4.78, 5) is 13.7. The predicted molar refractivity (Wildman–Crippen MR) is 68.7 cm³/mol. The number of anilines is 1. The molecule has 1 amide bonds. The number of carbonyl (C=O) groups excluding carboxylic acids is 1. The zero-order chi connectivity index (χ0) is 12.4. The van der Waals surface area contributed by atoms with Gasteiger partial charge in [0.1, 0.15) is 0 Å². The van der Waals surface area contributed by atoms with Crippen LogP contribution in [-0.2, 0) is 17.8 Å². The lowest BCUT2D eigenvalue weighted by Crippen LogP contribution is -2.31. The summed E-state index contributed by atoms with van der Waals surface area (Å²) < 4.78 is 0. The number of hydrogen-bond acceptors (Lipinski definition) is 3. The van der Waals surface area contributed by atoms with E-state index in [1.54, 1.807) is 0 Å². The Labute approximate surface area is 102 Å². The van der Waals surface area contributed by atoms with E-state index >= 15 is 0 Å². The van der Waals surface area contributed by atoms with Gasteiger partial charge in [-0.05, 0) is 30.5 Å². The topological polar surface area (TPSA) is 72.3 Å². The normalized spacial score (nSPS) is 16.2. The van der Waals surface area contributed by atoms with E-state index in [1.807, 2.05) is 30.0 Å². The second-order valence-corrected chi connectivity index (χ2v) is 4.66. The Morgan fingerprint density at radius 2 is 2.24 bits per heavy atom. The van der Waals surface area contributed by atoms with E-state index in [-0.39, 0.29) is 11.9 Å². The fourth-order valence-corrected chi connectivity index (χ4v) is 2.14. The average Bonchev–Trinajstić information content (AvgIpc) is 2.60. The van der Waals surface area contributed by atoms with Crippen molar-refractivity contribution in [2.24, 2.45) is 11.5 Å². The third-order valence-electron chi connectivity index (χ3n) is 3.12. The summed E-state index contributed by atoms with van der Waals surface area (Å²) in [6, 6.07) is 6.12. The maximum atomic E-state index is 11.9. The highest BCUT2D eigenvalue weighted by Gasteiger charge is 2.26. The summed E-state index contributed by atoms with van der Waals surface area (Å²) in [5.41, 5.74) is 14.5. The van der Waals surface area contributed by atoms with Gasteiger partial charge in [0.15, 0.2) is 0 Å². The van der Waals surface area contributed by atoms with Gasteiger partial charge in [-0.3, -0.25) is 4.79 Å². The first-order valence-electron chi connectivity index (χ1n) is 5.99. The van der Waals surface area contributed by atoms with Crippen LogP contribution in [0, 0.1) is 0 Å². The number of benzene rings is 1. The molecule has 1 aromatic carbocycles. The smallest absolute Gasteiger partial charge is 0.231 e. The summed E-state index contributed by atoms with van der Waals surface area (Å²) in [6.07, 6.45) is 1.31. The van der Waals surface area contributed by atoms with Crippen LogP contribution in [0.4, 0.5) is 5.69 Å². The molecule has 0 bridgehead atoms. The number of hydrogen-bond donors (Lipinski definition) is 2. The highest BCUT2D eigenvalue weighted by molar-refractivity contribution is 6.01. The van der Waals surface area contributed by atoms with Crippen molar-refractivity contribution < 1.29 is 4.79 Å². The van der Waals surface area contributed by atoms with Gasteiger partial charge in [0.2, 0.25) is 5.91 Å². The molecular weight excluding hydrogens is 214 g/mol. The molecule has 1 aromatic rings. The van der Waals surface area contributed by atoms with Crippen molar-refractivity contribution in [1.29, 1.82) is 0 Å². The van der Waals surface area contributed by atoms with E-state index in [1.165, 1.54) is 0 Å². The fourth-order valence-electron chi connectivity index (χ4n) is 2.14. The Bertz CT molecular complexity index is 429. The Morgan fingerprint density at radius 3 is 2.88 bits per heavy atom. The summed E-state index contributed by atoms with van der Waals surface area (Å²) in [7, 11) is 0. The molecule has 92 valence electrons. The van der Waals surface area contributed by atoms with Crippen molar-refractivity contribution in [3.8, 4) is 0 Å². The largest absolute Gasteiger partial charge is 0.328 e. The lowest BCUT2D eigenvalue weighted by Gasteiger charge is -2.18. The summed E-state index contributed by atoms with van der Waals surface area (Å²) in [5, 5.41) is 0. The van der Waals surface area contributed by atoms with Gasteiger partial charge < -0.3 is 16.4 Å². The summed E-state index contributed by atoms with van der Waals surface area (Å²) in [6.45, 7) is 3.17. The Balaban J connectivity index is 2.19. The van der Waals surface area contributed by atoms with E-state index in [4.69, 9.17) is 11.5 Å². The van der Waals surface area contributed by atoms with E-state index in [9.17, 15) is 4.79 Å². The number of carbonyl (C=O) groups is 1. The molecule has 17 heavy (non-hydrogen) atoms. The molecule has 4 heteroatoms. The van der Waals surface area contributed by atoms with E-state index < -0.39 is 0 Å². The van der Waals surface area contributed by atoms with Gasteiger partial charge in [-0.2, -0.15) is 0 Å². The molecule has 0 spiro atoms. The molecular formula is C13H19N3O. The van der Waals surface area contributed by atoms with E-state index in [0.717, 1.165) is 23.2 Å². The molecule has 0 aromatic heterocycles. The van der Waals surface area contributed by atoms with Crippen LogP contribution >= 0.6 is 0 Å². The summed E-state index contributed by atoms with van der Waals surface area (Å²) in [5.74, 6) is 0.162. The average molecular weight is 233 g/mol. The van der Waals surface area contributed by atoms with Crippen LogP contribution in [0.2, 0.25) is 0 Å². The van der Waals surface area contributed by atoms with Gasteiger partial charge in [0.25, 0.3) is 0 Å². The third-order valence-corrected chi connectivity index (χ3v) is 3.12.